The number of ether oxygens (including phenoxy) is 3. The molecule has 0 spiro atoms. The molecule has 42 heavy (non-hydrogen) atoms. The molecule has 4 N–H and O–H groups in total. The molecule has 0 atom stereocenters. The predicted molar refractivity (Wildman–Crippen MR) is 160 cm³/mol. The number of carbonyl (C=O) groups excluding carboxylic acids is 2. The summed E-state index contributed by atoms with van der Waals surface area (Å²) in [4.78, 5) is 38.1. The van der Waals surface area contributed by atoms with Gasteiger partial charge in [-0.1, -0.05) is 30.3 Å². The number of benzene rings is 3. The summed E-state index contributed by atoms with van der Waals surface area (Å²) in [6.07, 6.45) is 3.02. The van der Waals surface area contributed by atoms with Gasteiger partial charge < -0.3 is 30.6 Å². The zero-order valence-corrected chi connectivity index (χ0v) is 23.2. The third-order valence-corrected chi connectivity index (χ3v) is 6.33. The second kappa shape index (κ2) is 12.2. The minimum absolute atomic E-state index is 0.179. The van der Waals surface area contributed by atoms with E-state index in [-0.39, 0.29) is 18.2 Å². The second-order valence-electron chi connectivity index (χ2n) is 9.06. The molecule has 2 aromatic heterocycles. The highest BCUT2D eigenvalue weighted by Gasteiger charge is 2.18. The van der Waals surface area contributed by atoms with Gasteiger partial charge in [-0.25, -0.2) is 9.78 Å². The van der Waals surface area contributed by atoms with Gasteiger partial charge in [0.25, 0.3) is 5.91 Å². The fourth-order valence-corrected chi connectivity index (χ4v) is 4.42. The number of methoxy groups -OCH3 is 2. The number of rotatable bonds is 10. The molecule has 0 saturated carbocycles. The average Bonchev–Trinajstić information content (AvgIpc) is 3.01. The van der Waals surface area contributed by atoms with Crippen LogP contribution in [0.15, 0.2) is 79.1 Å². The third kappa shape index (κ3) is 5.89. The van der Waals surface area contributed by atoms with E-state index in [0.717, 1.165) is 11.3 Å². The molecule has 3 aromatic carbocycles. The van der Waals surface area contributed by atoms with Gasteiger partial charge in [-0.3, -0.25) is 9.78 Å². The molecule has 0 aliphatic heterocycles. The Morgan fingerprint density at radius 1 is 0.857 bits per heavy atom. The van der Waals surface area contributed by atoms with Crippen molar-refractivity contribution < 1.29 is 23.8 Å². The molecular weight excluding hydrogens is 536 g/mol. The van der Waals surface area contributed by atoms with E-state index in [1.165, 1.54) is 20.4 Å². The fourth-order valence-electron chi connectivity index (χ4n) is 4.42. The number of hydrogen-bond acceptors (Lipinski definition) is 10. The molecular formula is C31H28N6O5. The lowest BCUT2D eigenvalue weighted by Crippen LogP contribution is -2.14. The van der Waals surface area contributed by atoms with Crippen molar-refractivity contribution in [1.82, 2.24) is 15.0 Å². The molecule has 11 heteroatoms. The Bertz CT molecular complexity index is 1780. The number of anilines is 4. The number of aromatic nitrogens is 3. The Morgan fingerprint density at radius 2 is 1.62 bits per heavy atom. The molecule has 212 valence electrons. The third-order valence-electron chi connectivity index (χ3n) is 6.33. The number of nitrogens with zero attached hydrogens (tertiary/aromatic N) is 3. The lowest BCUT2D eigenvalue weighted by Gasteiger charge is -2.16. The Balaban J connectivity index is 1.60. The number of primary amides is 1. The van der Waals surface area contributed by atoms with Crippen molar-refractivity contribution >= 4 is 45.5 Å². The molecule has 0 aliphatic carbocycles. The summed E-state index contributed by atoms with van der Waals surface area (Å²) in [6.45, 7) is 1.97. The van der Waals surface area contributed by atoms with Crippen molar-refractivity contribution in [2.24, 2.45) is 5.73 Å². The van der Waals surface area contributed by atoms with Crippen LogP contribution < -0.4 is 25.8 Å². The van der Waals surface area contributed by atoms with Crippen LogP contribution in [0.1, 0.15) is 27.6 Å². The predicted octanol–water partition coefficient (Wildman–Crippen LogP) is 5.47. The number of amides is 1. The van der Waals surface area contributed by atoms with Crippen LogP contribution in [0.5, 0.6) is 11.9 Å². The summed E-state index contributed by atoms with van der Waals surface area (Å²) >= 11 is 0. The molecule has 0 unspecified atom stereocenters. The van der Waals surface area contributed by atoms with Crippen molar-refractivity contribution in [3.63, 3.8) is 0 Å². The molecule has 1 amide bonds. The van der Waals surface area contributed by atoms with Crippen LogP contribution in [0, 0.1) is 0 Å². The van der Waals surface area contributed by atoms with Crippen LogP contribution in [0.3, 0.4) is 0 Å². The summed E-state index contributed by atoms with van der Waals surface area (Å²) in [7, 11) is 2.99. The van der Waals surface area contributed by atoms with E-state index in [1.54, 1.807) is 25.3 Å². The molecule has 0 fully saturated rings. The van der Waals surface area contributed by atoms with Gasteiger partial charge in [-0.05, 0) is 48.9 Å². The van der Waals surface area contributed by atoms with E-state index in [1.807, 2.05) is 54.6 Å². The zero-order valence-electron chi connectivity index (χ0n) is 23.2. The SMILES string of the molecule is CCOC(=O)c1cc(Nc2ccccc2)cc(Nc2c(C(N)=O)cnc3cc(-c4cnc(OC)nc4OC)ccc23)c1. The van der Waals surface area contributed by atoms with Gasteiger partial charge in [-0.15, -0.1) is 0 Å². The number of carbonyl (C=O) groups is 2. The van der Waals surface area contributed by atoms with E-state index in [9.17, 15) is 9.59 Å². The highest BCUT2D eigenvalue weighted by Crippen LogP contribution is 2.35. The van der Waals surface area contributed by atoms with Crippen LogP contribution in [-0.2, 0) is 4.74 Å². The normalized spacial score (nSPS) is 10.6. The van der Waals surface area contributed by atoms with Crippen molar-refractivity contribution in [3.8, 4) is 23.0 Å². The highest BCUT2D eigenvalue weighted by atomic mass is 16.5. The van der Waals surface area contributed by atoms with Gasteiger partial charge >= 0.3 is 12.0 Å². The van der Waals surface area contributed by atoms with Crippen LogP contribution in [0.25, 0.3) is 22.0 Å². The Kier molecular flexibility index (Phi) is 8.10. The number of para-hydroxylation sites is 1. The first-order chi connectivity index (χ1) is 20.4. The van der Waals surface area contributed by atoms with Crippen molar-refractivity contribution in [2.45, 2.75) is 6.92 Å². The minimum Gasteiger partial charge on any atom is -0.480 e. The van der Waals surface area contributed by atoms with Gasteiger partial charge in [0, 0.05) is 34.8 Å². The van der Waals surface area contributed by atoms with Gasteiger partial charge in [0.2, 0.25) is 5.88 Å². The average molecular weight is 565 g/mol. The minimum atomic E-state index is -0.662. The summed E-state index contributed by atoms with van der Waals surface area (Å²) < 4.78 is 15.8. The van der Waals surface area contributed by atoms with Crippen LogP contribution in [-0.4, -0.2) is 47.7 Å². The van der Waals surface area contributed by atoms with Gasteiger partial charge in [0.05, 0.1) is 48.7 Å². The Labute approximate surface area is 241 Å². The fraction of sp³-hybridized carbons (Fsp3) is 0.129. The molecule has 0 bridgehead atoms. The number of esters is 1. The summed E-state index contributed by atoms with van der Waals surface area (Å²) in [6, 6.07) is 20.4. The van der Waals surface area contributed by atoms with Crippen molar-refractivity contribution in [2.75, 3.05) is 31.5 Å². The summed E-state index contributed by atoms with van der Waals surface area (Å²) in [5.74, 6) is -0.805. The second-order valence-corrected chi connectivity index (χ2v) is 9.06. The van der Waals surface area contributed by atoms with Crippen molar-refractivity contribution in [3.05, 3.63) is 90.3 Å². The lowest BCUT2D eigenvalue weighted by atomic mass is 10.0. The number of nitrogens with one attached hydrogen (secondary N) is 2. The van der Waals surface area contributed by atoms with Crippen LogP contribution >= 0.6 is 0 Å². The monoisotopic (exact) mass is 564 g/mol. The van der Waals surface area contributed by atoms with Gasteiger partial charge in [-0.2, -0.15) is 4.98 Å². The first-order valence-electron chi connectivity index (χ1n) is 13.0. The van der Waals surface area contributed by atoms with E-state index >= 15 is 0 Å². The van der Waals surface area contributed by atoms with E-state index in [4.69, 9.17) is 19.9 Å². The van der Waals surface area contributed by atoms with Crippen LogP contribution in [0.2, 0.25) is 0 Å². The van der Waals surface area contributed by atoms with E-state index in [0.29, 0.717) is 45.0 Å². The Hall–Kier alpha value is -5.71. The van der Waals surface area contributed by atoms with Gasteiger partial charge in [0.1, 0.15) is 0 Å². The number of fused-ring (bicyclic) bond motifs is 1. The first-order valence-corrected chi connectivity index (χ1v) is 13.0. The Morgan fingerprint density at radius 3 is 2.31 bits per heavy atom. The van der Waals surface area contributed by atoms with Gasteiger partial charge in [0.15, 0.2) is 0 Å². The largest absolute Gasteiger partial charge is 0.480 e. The summed E-state index contributed by atoms with van der Waals surface area (Å²) in [5.41, 5.74) is 10.6. The van der Waals surface area contributed by atoms with Crippen molar-refractivity contribution in [1.29, 1.82) is 0 Å². The lowest BCUT2D eigenvalue weighted by molar-refractivity contribution is 0.0526. The van der Waals surface area contributed by atoms with Crippen LogP contribution in [0.4, 0.5) is 22.7 Å². The number of hydrogen-bond donors (Lipinski definition) is 3. The smallest absolute Gasteiger partial charge is 0.338 e. The molecule has 0 saturated heterocycles. The maximum absolute atomic E-state index is 12.7. The number of nitrogens with two attached hydrogens (primary N) is 1. The maximum Gasteiger partial charge on any atom is 0.338 e. The summed E-state index contributed by atoms with van der Waals surface area (Å²) in [5, 5.41) is 7.23. The maximum atomic E-state index is 12.7. The molecule has 2 heterocycles. The molecule has 0 aliphatic rings. The highest BCUT2D eigenvalue weighted by molar-refractivity contribution is 6.08. The molecule has 5 rings (SSSR count). The zero-order chi connectivity index (χ0) is 29.6. The van der Waals surface area contributed by atoms with E-state index in [2.05, 4.69) is 25.6 Å². The quantitative estimate of drug-likeness (QED) is 0.186. The molecule has 5 aromatic rings. The molecule has 11 nitrogen and oxygen atoms in total. The standard InChI is InChI=1S/C31H28N6O5/c1-4-42-30(39)19-12-21(35-20-8-6-5-7-9-20)15-22(13-19)36-27-23-11-10-18(14-26(23)33-17-25(27)28(32)38)24-16-34-31(41-3)37-29(24)40-2/h5-17,35H,4H2,1-3H3,(H2,32,38)(H,33,36). The molecule has 0 radical (unpaired) electrons. The number of pyridine rings is 1. The topological polar surface area (TPSA) is 151 Å². The first kappa shape index (κ1) is 27.8. The van der Waals surface area contributed by atoms with E-state index < -0.39 is 11.9 Å².